The second-order valence-corrected chi connectivity index (χ2v) is 19.5. The van der Waals surface area contributed by atoms with Gasteiger partial charge in [-0.2, -0.15) is 0 Å². The lowest BCUT2D eigenvalue weighted by molar-refractivity contribution is 0.262. The molecule has 0 atom stereocenters. The Morgan fingerprint density at radius 2 is 0.406 bits per heavy atom. The molecule has 4 aromatic carbocycles. The van der Waals surface area contributed by atoms with Gasteiger partial charge in [-0.1, -0.05) is 270 Å². The normalized spacial score (nSPS) is 11.8. The van der Waals surface area contributed by atoms with Gasteiger partial charge in [-0.3, -0.25) is 0 Å². The zero-order valence-electron chi connectivity index (χ0n) is 42.4. The molecule has 0 bridgehead atoms. The molecule has 0 aliphatic heterocycles. The Kier molecular flexibility index (Phi) is 29.7. The van der Waals surface area contributed by atoms with Gasteiger partial charge >= 0.3 is 0 Å². The standard InChI is InChI=1S/C60H98O4/c1-5-9-13-17-21-25-29-33-37-47-61-57-51-43-41-45-53-55(51)56-52(58(57)62-48-38-34-30-26-22-18-14-10-6-2)44-42-46-54(56)60(64-50-40-36-32-28-24-20-16-12-8-4)59(53)63-49-39-35-31-27-23-19-15-11-7-3/h41-46H,5-40,47-50H2,1-4H3. The number of ether oxygens (including phenoxy) is 4. The Bertz CT molecular complexity index is 1470. The predicted molar refractivity (Wildman–Crippen MR) is 281 cm³/mol. The van der Waals surface area contributed by atoms with Gasteiger partial charge in [0, 0.05) is 32.3 Å². The van der Waals surface area contributed by atoms with Crippen LogP contribution in [0.3, 0.4) is 0 Å². The highest BCUT2D eigenvalue weighted by atomic mass is 16.5. The fourth-order valence-electron chi connectivity index (χ4n) is 9.81. The molecule has 362 valence electrons. The summed E-state index contributed by atoms with van der Waals surface area (Å²) in [5.41, 5.74) is 0. The lowest BCUT2D eigenvalue weighted by Gasteiger charge is -2.24. The lowest BCUT2D eigenvalue weighted by Crippen LogP contribution is -2.07. The Morgan fingerprint density at radius 1 is 0.234 bits per heavy atom. The van der Waals surface area contributed by atoms with E-state index in [1.54, 1.807) is 0 Å². The van der Waals surface area contributed by atoms with Crippen LogP contribution in [0, 0.1) is 0 Å². The summed E-state index contributed by atoms with van der Waals surface area (Å²) in [4.78, 5) is 0. The third-order valence-electron chi connectivity index (χ3n) is 13.7. The molecule has 0 fully saturated rings. The van der Waals surface area contributed by atoms with Gasteiger partial charge in [-0.05, 0) is 25.7 Å². The van der Waals surface area contributed by atoms with Crippen molar-refractivity contribution in [2.75, 3.05) is 26.4 Å². The average Bonchev–Trinajstić information content (AvgIpc) is 3.31. The van der Waals surface area contributed by atoms with E-state index in [-0.39, 0.29) is 0 Å². The van der Waals surface area contributed by atoms with Crippen molar-refractivity contribution in [3.63, 3.8) is 0 Å². The van der Waals surface area contributed by atoms with Crippen LogP contribution in [0.25, 0.3) is 32.3 Å². The summed E-state index contributed by atoms with van der Waals surface area (Å²) in [7, 11) is 0. The summed E-state index contributed by atoms with van der Waals surface area (Å²) >= 11 is 0. The first kappa shape index (κ1) is 53.7. The summed E-state index contributed by atoms with van der Waals surface area (Å²) in [6, 6.07) is 13.5. The van der Waals surface area contributed by atoms with Crippen molar-refractivity contribution in [1.29, 1.82) is 0 Å². The van der Waals surface area contributed by atoms with Crippen LogP contribution in [0.15, 0.2) is 36.4 Å². The van der Waals surface area contributed by atoms with Gasteiger partial charge in [-0.25, -0.2) is 0 Å². The molecule has 0 saturated heterocycles. The predicted octanol–water partition coefficient (Wildman–Crippen LogP) is 20.2. The highest BCUT2D eigenvalue weighted by molar-refractivity contribution is 6.29. The van der Waals surface area contributed by atoms with E-state index in [1.807, 2.05) is 0 Å². The molecule has 4 heteroatoms. The zero-order valence-corrected chi connectivity index (χ0v) is 42.4. The Morgan fingerprint density at radius 3 is 0.594 bits per heavy atom. The Hall–Kier alpha value is -2.88. The highest BCUT2D eigenvalue weighted by Crippen LogP contribution is 2.53. The molecule has 0 aliphatic rings. The molecule has 0 spiro atoms. The SMILES string of the molecule is CCCCCCCCCCCOc1c(OCCCCCCCCCCC)c2cccc3c(OCCCCCCCCCCC)c(OCCCCCCCCCCC)c4cccc1c4c23. The van der Waals surface area contributed by atoms with Gasteiger partial charge in [-0.15, -0.1) is 0 Å². The quantitative estimate of drug-likeness (QED) is 0.0328. The number of rotatable bonds is 44. The van der Waals surface area contributed by atoms with Crippen molar-refractivity contribution in [2.24, 2.45) is 0 Å². The maximum absolute atomic E-state index is 6.93. The van der Waals surface area contributed by atoms with Crippen molar-refractivity contribution < 1.29 is 18.9 Å². The molecule has 4 aromatic rings. The third kappa shape index (κ3) is 19.5. The molecule has 0 unspecified atom stereocenters. The number of unbranched alkanes of at least 4 members (excludes halogenated alkanes) is 32. The number of benzene rings is 4. The van der Waals surface area contributed by atoms with E-state index in [1.165, 1.54) is 216 Å². The monoisotopic (exact) mass is 883 g/mol. The maximum Gasteiger partial charge on any atom is 0.169 e. The van der Waals surface area contributed by atoms with Crippen LogP contribution >= 0.6 is 0 Å². The summed E-state index contributed by atoms with van der Waals surface area (Å²) in [5, 5.41) is 7.00. The van der Waals surface area contributed by atoms with E-state index in [2.05, 4.69) is 64.1 Å². The summed E-state index contributed by atoms with van der Waals surface area (Å²) in [6.07, 6.45) is 46.8. The molecule has 0 heterocycles. The minimum absolute atomic E-state index is 0.708. The van der Waals surface area contributed by atoms with Gasteiger partial charge in [0.05, 0.1) is 26.4 Å². The number of hydrogen-bond acceptors (Lipinski definition) is 4. The Labute approximate surface area is 394 Å². The molecule has 0 saturated carbocycles. The second kappa shape index (κ2) is 35.3. The van der Waals surface area contributed by atoms with Crippen LogP contribution in [0.1, 0.15) is 259 Å². The minimum Gasteiger partial charge on any atom is -0.489 e. The first-order valence-corrected chi connectivity index (χ1v) is 28.0. The molecular weight excluding hydrogens is 785 g/mol. The van der Waals surface area contributed by atoms with Crippen molar-refractivity contribution in [1.82, 2.24) is 0 Å². The summed E-state index contributed by atoms with van der Waals surface area (Å²) in [5.74, 6) is 3.65. The maximum atomic E-state index is 6.93. The lowest BCUT2D eigenvalue weighted by atomic mass is 9.91. The van der Waals surface area contributed by atoms with E-state index in [4.69, 9.17) is 18.9 Å². The Balaban J connectivity index is 1.57. The average molecular weight is 883 g/mol. The molecule has 0 aliphatic carbocycles. The topological polar surface area (TPSA) is 36.9 Å². The zero-order chi connectivity index (χ0) is 45.1. The highest BCUT2D eigenvalue weighted by Gasteiger charge is 2.26. The first-order valence-electron chi connectivity index (χ1n) is 28.0. The minimum atomic E-state index is 0.708. The van der Waals surface area contributed by atoms with E-state index in [0.717, 1.165) is 70.2 Å². The van der Waals surface area contributed by atoms with E-state index < -0.39 is 0 Å². The molecule has 4 rings (SSSR count). The van der Waals surface area contributed by atoms with Crippen molar-refractivity contribution >= 4 is 32.3 Å². The molecule has 64 heavy (non-hydrogen) atoms. The fraction of sp³-hybridized carbons (Fsp3) is 0.733. The molecule has 4 nitrogen and oxygen atoms in total. The van der Waals surface area contributed by atoms with Gasteiger partial charge in [0.1, 0.15) is 0 Å². The largest absolute Gasteiger partial charge is 0.489 e. The third-order valence-corrected chi connectivity index (χ3v) is 13.7. The first-order chi connectivity index (χ1) is 31.8. The van der Waals surface area contributed by atoms with Gasteiger partial charge in [0.25, 0.3) is 0 Å². The van der Waals surface area contributed by atoms with E-state index in [0.29, 0.717) is 26.4 Å². The molecule has 0 amide bonds. The van der Waals surface area contributed by atoms with Gasteiger partial charge < -0.3 is 18.9 Å². The molecule has 0 radical (unpaired) electrons. The van der Waals surface area contributed by atoms with Crippen molar-refractivity contribution in [2.45, 2.75) is 259 Å². The molecule has 0 aromatic heterocycles. The fourth-order valence-corrected chi connectivity index (χ4v) is 9.81. The molecule has 0 N–H and O–H groups in total. The van der Waals surface area contributed by atoms with Gasteiger partial charge in [0.2, 0.25) is 0 Å². The van der Waals surface area contributed by atoms with Crippen molar-refractivity contribution in [3.8, 4) is 23.0 Å². The van der Waals surface area contributed by atoms with Crippen LogP contribution in [0.5, 0.6) is 23.0 Å². The van der Waals surface area contributed by atoms with E-state index >= 15 is 0 Å². The summed E-state index contributed by atoms with van der Waals surface area (Å²) in [6.45, 7) is 12.0. The smallest absolute Gasteiger partial charge is 0.169 e. The number of hydrogen-bond donors (Lipinski definition) is 0. The van der Waals surface area contributed by atoms with Gasteiger partial charge in [0.15, 0.2) is 23.0 Å². The summed E-state index contributed by atoms with van der Waals surface area (Å²) < 4.78 is 27.7. The van der Waals surface area contributed by atoms with Crippen LogP contribution < -0.4 is 18.9 Å². The van der Waals surface area contributed by atoms with E-state index in [9.17, 15) is 0 Å². The van der Waals surface area contributed by atoms with Crippen molar-refractivity contribution in [3.05, 3.63) is 36.4 Å². The van der Waals surface area contributed by atoms with Crippen LogP contribution in [0.2, 0.25) is 0 Å². The van der Waals surface area contributed by atoms with Crippen LogP contribution in [-0.2, 0) is 0 Å². The van der Waals surface area contributed by atoms with Crippen LogP contribution in [0.4, 0.5) is 0 Å². The molecular formula is C60H98O4. The second-order valence-electron chi connectivity index (χ2n) is 19.5. The van der Waals surface area contributed by atoms with Crippen LogP contribution in [-0.4, -0.2) is 26.4 Å².